The van der Waals surface area contributed by atoms with Gasteiger partial charge >= 0.3 is 0 Å². The highest BCUT2D eigenvalue weighted by Gasteiger charge is 2.23. The van der Waals surface area contributed by atoms with Gasteiger partial charge in [0.15, 0.2) is 0 Å². The Morgan fingerprint density at radius 2 is 1.72 bits per heavy atom. The number of rotatable bonds is 3. The predicted octanol–water partition coefficient (Wildman–Crippen LogP) is 3.53. The minimum absolute atomic E-state index is 0.0421. The molecule has 0 saturated carbocycles. The molecule has 1 aliphatic rings. The van der Waals surface area contributed by atoms with Crippen molar-refractivity contribution in [1.29, 1.82) is 5.26 Å². The summed E-state index contributed by atoms with van der Waals surface area (Å²) < 4.78 is 0. The first-order valence-electron chi connectivity index (χ1n) is 10.4. The lowest BCUT2D eigenvalue weighted by Crippen LogP contribution is -2.49. The lowest BCUT2D eigenvalue weighted by molar-refractivity contribution is 0.0746. The van der Waals surface area contributed by atoms with E-state index in [1.807, 2.05) is 29.2 Å². The number of anilines is 1. The summed E-state index contributed by atoms with van der Waals surface area (Å²) in [6.07, 6.45) is 5.11. The first kappa shape index (κ1) is 19.6. The minimum Gasteiger partial charge on any atom is -0.353 e. The Morgan fingerprint density at radius 3 is 2.50 bits per heavy atom. The quantitative estimate of drug-likeness (QED) is 0.504. The van der Waals surface area contributed by atoms with Crippen molar-refractivity contribution in [3.63, 3.8) is 0 Å². The SMILES string of the molecule is N#Cc1cccc(C(=O)N2CCN(c3ccc4cccc(-c5cncnc5)c4n3)CC2)c1. The maximum atomic E-state index is 12.9. The first-order valence-corrected chi connectivity index (χ1v) is 10.4. The number of amides is 1. The maximum absolute atomic E-state index is 12.9. The molecule has 0 spiro atoms. The summed E-state index contributed by atoms with van der Waals surface area (Å²) in [6, 6.07) is 19.1. The number of pyridine rings is 1. The summed E-state index contributed by atoms with van der Waals surface area (Å²) in [7, 11) is 0. The van der Waals surface area contributed by atoms with Crippen molar-refractivity contribution in [3.8, 4) is 17.2 Å². The number of nitrogens with zero attached hydrogens (tertiary/aromatic N) is 6. The fourth-order valence-electron chi connectivity index (χ4n) is 4.03. The minimum atomic E-state index is -0.0421. The van der Waals surface area contributed by atoms with Crippen molar-refractivity contribution in [2.75, 3.05) is 31.1 Å². The zero-order valence-corrected chi connectivity index (χ0v) is 17.3. The van der Waals surface area contributed by atoms with Gasteiger partial charge in [-0.3, -0.25) is 4.79 Å². The van der Waals surface area contributed by atoms with E-state index in [2.05, 4.69) is 27.0 Å². The van der Waals surface area contributed by atoms with E-state index in [9.17, 15) is 4.79 Å². The van der Waals surface area contributed by atoms with E-state index in [0.717, 1.165) is 27.8 Å². The molecule has 3 heterocycles. The van der Waals surface area contributed by atoms with Gasteiger partial charge in [0.25, 0.3) is 5.91 Å². The maximum Gasteiger partial charge on any atom is 0.254 e. The average molecular weight is 420 g/mol. The number of carbonyl (C=O) groups is 1. The molecule has 0 bridgehead atoms. The highest BCUT2D eigenvalue weighted by atomic mass is 16.2. The monoisotopic (exact) mass is 420 g/mol. The molecule has 156 valence electrons. The lowest BCUT2D eigenvalue weighted by atomic mass is 10.0. The highest BCUT2D eigenvalue weighted by Crippen LogP contribution is 2.28. The van der Waals surface area contributed by atoms with Gasteiger partial charge in [0.05, 0.1) is 17.1 Å². The number of benzene rings is 2. The standard InChI is InChI=1S/C25H20N6O/c26-14-18-3-1-5-20(13-18)25(32)31-11-9-30(10-12-31)23-8-7-19-4-2-6-22(24(19)29-23)21-15-27-17-28-16-21/h1-8,13,15-17H,9-12H2. The Bertz CT molecular complexity index is 1320. The van der Waals surface area contributed by atoms with Crippen molar-refractivity contribution < 1.29 is 4.79 Å². The molecule has 1 fully saturated rings. The summed E-state index contributed by atoms with van der Waals surface area (Å²) in [5.74, 6) is 0.847. The van der Waals surface area contributed by atoms with Crippen LogP contribution in [-0.4, -0.2) is 51.9 Å². The topological polar surface area (TPSA) is 86.0 Å². The van der Waals surface area contributed by atoms with Crippen molar-refractivity contribution in [3.05, 3.63) is 84.4 Å². The largest absolute Gasteiger partial charge is 0.353 e. The van der Waals surface area contributed by atoms with Crippen LogP contribution in [0.5, 0.6) is 0 Å². The van der Waals surface area contributed by atoms with Crippen LogP contribution in [0.15, 0.2) is 73.3 Å². The third-order valence-corrected chi connectivity index (χ3v) is 5.71. The van der Waals surface area contributed by atoms with Crippen molar-refractivity contribution in [2.24, 2.45) is 0 Å². The van der Waals surface area contributed by atoms with Crippen LogP contribution in [-0.2, 0) is 0 Å². The van der Waals surface area contributed by atoms with Gasteiger partial charge in [-0.1, -0.05) is 24.3 Å². The number of aromatic nitrogens is 3. The van der Waals surface area contributed by atoms with Crippen LogP contribution in [0.1, 0.15) is 15.9 Å². The van der Waals surface area contributed by atoms with Crippen LogP contribution in [0.25, 0.3) is 22.0 Å². The normalized spacial score (nSPS) is 13.7. The molecule has 2 aromatic carbocycles. The first-order chi connectivity index (χ1) is 15.7. The molecule has 0 N–H and O–H groups in total. The molecule has 2 aromatic heterocycles. The lowest BCUT2D eigenvalue weighted by Gasteiger charge is -2.35. The van der Waals surface area contributed by atoms with Gasteiger partial charge in [-0.25, -0.2) is 15.0 Å². The van der Waals surface area contributed by atoms with Crippen LogP contribution in [0.4, 0.5) is 5.82 Å². The average Bonchev–Trinajstić information content (AvgIpc) is 2.88. The molecule has 7 heteroatoms. The molecule has 32 heavy (non-hydrogen) atoms. The summed E-state index contributed by atoms with van der Waals surface area (Å²) in [5.41, 5.74) is 3.88. The van der Waals surface area contributed by atoms with Gasteiger partial charge in [0.2, 0.25) is 0 Å². The van der Waals surface area contributed by atoms with Crippen molar-refractivity contribution >= 4 is 22.6 Å². The van der Waals surface area contributed by atoms with E-state index in [-0.39, 0.29) is 5.91 Å². The smallest absolute Gasteiger partial charge is 0.254 e. The fraction of sp³-hybridized carbons (Fsp3) is 0.160. The van der Waals surface area contributed by atoms with E-state index in [1.165, 1.54) is 6.33 Å². The number of fused-ring (bicyclic) bond motifs is 1. The Labute approximate surface area is 185 Å². The zero-order valence-electron chi connectivity index (χ0n) is 17.3. The third kappa shape index (κ3) is 3.74. The molecule has 5 rings (SSSR count). The number of piperazine rings is 1. The highest BCUT2D eigenvalue weighted by molar-refractivity contribution is 5.95. The second-order valence-electron chi connectivity index (χ2n) is 7.65. The van der Waals surface area contributed by atoms with Crippen molar-refractivity contribution in [2.45, 2.75) is 0 Å². The molecule has 0 aliphatic carbocycles. The van der Waals surface area contributed by atoms with Gasteiger partial charge in [-0.05, 0) is 30.3 Å². The van der Waals surface area contributed by atoms with Crippen LogP contribution >= 0.6 is 0 Å². The van der Waals surface area contributed by atoms with E-state index in [0.29, 0.717) is 37.3 Å². The molecule has 1 aliphatic heterocycles. The summed E-state index contributed by atoms with van der Waals surface area (Å²) in [6.45, 7) is 2.59. The predicted molar refractivity (Wildman–Crippen MR) is 122 cm³/mol. The van der Waals surface area contributed by atoms with Crippen LogP contribution < -0.4 is 4.90 Å². The van der Waals surface area contributed by atoms with E-state index < -0.39 is 0 Å². The Balaban J connectivity index is 1.36. The molecule has 0 radical (unpaired) electrons. The number of carbonyl (C=O) groups excluding carboxylic acids is 1. The molecule has 0 unspecified atom stereocenters. The molecule has 1 saturated heterocycles. The third-order valence-electron chi connectivity index (χ3n) is 5.71. The summed E-state index contributed by atoms with van der Waals surface area (Å²) in [5, 5.41) is 10.1. The number of hydrogen-bond acceptors (Lipinski definition) is 6. The Hall–Kier alpha value is -4.31. The second-order valence-corrected chi connectivity index (χ2v) is 7.65. The van der Waals surface area contributed by atoms with Crippen molar-refractivity contribution in [1.82, 2.24) is 19.9 Å². The van der Waals surface area contributed by atoms with Gasteiger partial charge in [0, 0.05) is 60.6 Å². The molecule has 0 atom stereocenters. The van der Waals surface area contributed by atoms with Crippen LogP contribution in [0.3, 0.4) is 0 Å². The summed E-state index contributed by atoms with van der Waals surface area (Å²) in [4.78, 5) is 30.1. The molecule has 4 aromatic rings. The van der Waals surface area contributed by atoms with E-state index in [1.54, 1.807) is 36.7 Å². The van der Waals surface area contributed by atoms with Crippen LogP contribution in [0.2, 0.25) is 0 Å². The van der Waals surface area contributed by atoms with E-state index >= 15 is 0 Å². The van der Waals surface area contributed by atoms with E-state index in [4.69, 9.17) is 10.2 Å². The number of para-hydroxylation sites is 1. The van der Waals surface area contributed by atoms with Gasteiger partial charge < -0.3 is 9.80 Å². The summed E-state index contributed by atoms with van der Waals surface area (Å²) >= 11 is 0. The number of hydrogen-bond donors (Lipinski definition) is 0. The van der Waals surface area contributed by atoms with Gasteiger partial charge in [-0.2, -0.15) is 5.26 Å². The number of nitriles is 1. The zero-order chi connectivity index (χ0) is 21.9. The molecular formula is C25H20N6O. The second kappa shape index (κ2) is 8.44. The Kier molecular flexibility index (Phi) is 5.18. The van der Waals surface area contributed by atoms with Gasteiger partial charge in [-0.15, -0.1) is 0 Å². The van der Waals surface area contributed by atoms with Gasteiger partial charge in [0.1, 0.15) is 12.1 Å². The molecule has 1 amide bonds. The fourth-order valence-corrected chi connectivity index (χ4v) is 4.03. The molecule has 7 nitrogen and oxygen atoms in total. The Morgan fingerprint density at radius 1 is 0.938 bits per heavy atom. The molecular weight excluding hydrogens is 400 g/mol. The van der Waals surface area contributed by atoms with Crippen LogP contribution in [0, 0.1) is 11.3 Å².